The summed E-state index contributed by atoms with van der Waals surface area (Å²) < 4.78 is 1.76. The van der Waals surface area contributed by atoms with E-state index in [-0.39, 0.29) is 11.6 Å². The second kappa shape index (κ2) is 4.52. The van der Waals surface area contributed by atoms with Crippen LogP contribution in [0.15, 0.2) is 47.4 Å². The summed E-state index contributed by atoms with van der Waals surface area (Å²) >= 11 is 0. The molecule has 0 aliphatic heterocycles. The Morgan fingerprint density at radius 2 is 2.19 bits per heavy atom. The van der Waals surface area contributed by atoms with Crippen molar-refractivity contribution in [1.29, 1.82) is 0 Å². The Morgan fingerprint density at radius 1 is 1.38 bits per heavy atom. The highest BCUT2D eigenvalue weighted by Crippen LogP contribution is 2.23. The summed E-state index contributed by atoms with van der Waals surface area (Å²) in [6.45, 7) is 4.04. The van der Waals surface area contributed by atoms with Gasteiger partial charge in [0.1, 0.15) is 0 Å². The fourth-order valence-electron chi connectivity index (χ4n) is 1.99. The molecular formula is C14H17NO. The lowest BCUT2D eigenvalue weighted by Gasteiger charge is -2.15. The fraction of sp³-hybridized carbons (Fsp3) is 0.357. The summed E-state index contributed by atoms with van der Waals surface area (Å²) in [5.74, 6) is 0.361. The van der Waals surface area contributed by atoms with Crippen LogP contribution in [0.1, 0.15) is 37.8 Å². The van der Waals surface area contributed by atoms with E-state index in [1.807, 2.05) is 32.2 Å². The smallest absolute Gasteiger partial charge is 0.251 e. The second-order valence-electron chi connectivity index (χ2n) is 4.45. The zero-order chi connectivity index (χ0) is 11.5. The molecule has 1 aliphatic carbocycles. The van der Waals surface area contributed by atoms with Gasteiger partial charge in [0.2, 0.25) is 0 Å². The summed E-state index contributed by atoms with van der Waals surface area (Å²) in [5.41, 5.74) is 1.21. The molecule has 0 bridgehead atoms. The fourth-order valence-corrected chi connectivity index (χ4v) is 1.99. The molecule has 0 N–H and O–H groups in total. The highest BCUT2D eigenvalue weighted by molar-refractivity contribution is 5.27. The molecule has 0 fully saturated rings. The third kappa shape index (κ3) is 2.16. The van der Waals surface area contributed by atoms with E-state index < -0.39 is 0 Å². The maximum Gasteiger partial charge on any atom is 0.251 e. The number of hydrogen-bond acceptors (Lipinski definition) is 1. The van der Waals surface area contributed by atoms with Crippen LogP contribution in [0, 0.1) is 0 Å². The SMILES string of the molecule is CC(C)n1ccc(C2C=CC=CC2)cc1=O. The molecule has 2 rings (SSSR count). The second-order valence-corrected chi connectivity index (χ2v) is 4.45. The molecule has 84 valence electrons. The van der Waals surface area contributed by atoms with E-state index in [1.54, 1.807) is 10.6 Å². The first kappa shape index (κ1) is 10.9. The number of pyridine rings is 1. The van der Waals surface area contributed by atoms with Crippen LogP contribution in [0.5, 0.6) is 0 Å². The van der Waals surface area contributed by atoms with E-state index in [2.05, 4.69) is 18.2 Å². The lowest BCUT2D eigenvalue weighted by atomic mass is 9.93. The minimum Gasteiger partial charge on any atom is -0.313 e. The molecule has 2 heteroatoms. The van der Waals surface area contributed by atoms with Gasteiger partial charge in [-0.3, -0.25) is 4.79 Å². The molecule has 0 amide bonds. The predicted octanol–water partition coefficient (Wildman–Crippen LogP) is 3.03. The highest BCUT2D eigenvalue weighted by Gasteiger charge is 2.10. The molecule has 0 radical (unpaired) electrons. The Labute approximate surface area is 95.9 Å². The van der Waals surface area contributed by atoms with Gasteiger partial charge in [-0.1, -0.05) is 24.3 Å². The van der Waals surface area contributed by atoms with Crippen LogP contribution < -0.4 is 5.56 Å². The Bertz CT molecular complexity index is 480. The van der Waals surface area contributed by atoms with Crippen LogP contribution in [-0.4, -0.2) is 4.57 Å². The number of nitrogens with zero attached hydrogens (tertiary/aromatic N) is 1. The van der Waals surface area contributed by atoms with E-state index >= 15 is 0 Å². The van der Waals surface area contributed by atoms with Gasteiger partial charge in [-0.2, -0.15) is 0 Å². The van der Waals surface area contributed by atoms with Crippen LogP contribution in [-0.2, 0) is 0 Å². The van der Waals surface area contributed by atoms with Gasteiger partial charge in [-0.15, -0.1) is 0 Å². The molecule has 1 aliphatic rings. The lowest BCUT2D eigenvalue weighted by Crippen LogP contribution is -2.21. The van der Waals surface area contributed by atoms with E-state index in [0.717, 1.165) is 12.0 Å². The average Bonchev–Trinajstić information content (AvgIpc) is 2.29. The Hall–Kier alpha value is -1.57. The van der Waals surface area contributed by atoms with Gasteiger partial charge in [0.25, 0.3) is 5.56 Å². The zero-order valence-electron chi connectivity index (χ0n) is 9.76. The van der Waals surface area contributed by atoms with Crippen molar-refractivity contribution in [1.82, 2.24) is 4.57 Å². The van der Waals surface area contributed by atoms with Crippen molar-refractivity contribution in [2.75, 3.05) is 0 Å². The molecule has 2 nitrogen and oxygen atoms in total. The number of aromatic nitrogens is 1. The number of hydrogen-bond donors (Lipinski definition) is 0. The number of rotatable bonds is 2. The maximum atomic E-state index is 11.8. The van der Waals surface area contributed by atoms with Crippen molar-refractivity contribution in [3.63, 3.8) is 0 Å². The van der Waals surface area contributed by atoms with Crippen LogP contribution in [0.3, 0.4) is 0 Å². The Balaban J connectivity index is 2.31. The standard InChI is InChI=1S/C14H17NO/c1-11(2)15-9-8-13(10-14(15)16)12-6-4-3-5-7-12/h3-6,8-12H,7H2,1-2H3. The topological polar surface area (TPSA) is 22.0 Å². The minimum absolute atomic E-state index is 0.0930. The minimum atomic E-state index is 0.0930. The molecule has 1 heterocycles. The normalized spacial score (nSPS) is 19.3. The molecule has 0 spiro atoms. The van der Waals surface area contributed by atoms with Gasteiger partial charge in [-0.05, 0) is 31.9 Å². The van der Waals surface area contributed by atoms with Crippen molar-refractivity contribution in [3.05, 3.63) is 58.6 Å². The Morgan fingerprint density at radius 3 is 2.75 bits per heavy atom. The lowest BCUT2D eigenvalue weighted by molar-refractivity contribution is 0.576. The highest BCUT2D eigenvalue weighted by atomic mass is 16.1. The molecule has 0 saturated heterocycles. The van der Waals surface area contributed by atoms with Gasteiger partial charge in [-0.25, -0.2) is 0 Å². The monoisotopic (exact) mass is 215 g/mol. The van der Waals surface area contributed by atoms with Gasteiger partial charge in [0, 0.05) is 24.2 Å². The van der Waals surface area contributed by atoms with Crippen LogP contribution in [0.4, 0.5) is 0 Å². The predicted molar refractivity (Wildman–Crippen MR) is 66.7 cm³/mol. The zero-order valence-corrected chi connectivity index (χ0v) is 9.76. The summed E-state index contributed by atoms with van der Waals surface area (Å²) in [6, 6.07) is 4.03. The molecule has 1 unspecified atom stereocenters. The molecule has 1 aromatic heterocycles. The molecule has 16 heavy (non-hydrogen) atoms. The van der Waals surface area contributed by atoms with Gasteiger partial charge < -0.3 is 4.57 Å². The van der Waals surface area contributed by atoms with Crippen molar-refractivity contribution in [2.24, 2.45) is 0 Å². The van der Waals surface area contributed by atoms with Crippen molar-refractivity contribution in [3.8, 4) is 0 Å². The number of allylic oxidation sites excluding steroid dienone is 4. The first-order valence-corrected chi connectivity index (χ1v) is 5.74. The molecule has 1 aromatic rings. The largest absolute Gasteiger partial charge is 0.313 e. The van der Waals surface area contributed by atoms with E-state index in [9.17, 15) is 4.79 Å². The van der Waals surface area contributed by atoms with E-state index in [0.29, 0.717) is 5.92 Å². The third-order valence-electron chi connectivity index (χ3n) is 2.94. The molecule has 0 aromatic carbocycles. The maximum absolute atomic E-state index is 11.8. The third-order valence-corrected chi connectivity index (χ3v) is 2.94. The molecular weight excluding hydrogens is 198 g/mol. The quantitative estimate of drug-likeness (QED) is 0.743. The van der Waals surface area contributed by atoms with Crippen LogP contribution in [0.2, 0.25) is 0 Å². The summed E-state index contributed by atoms with van der Waals surface area (Å²) in [7, 11) is 0. The molecule has 1 atom stereocenters. The van der Waals surface area contributed by atoms with Gasteiger partial charge >= 0.3 is 0 Å². The first-order valence-electron chi connectivity index (χ1n) is 5.74. The van der Waals surface area contributed by atoms with Crippen molar-refractivity contribution in [2.45, 2.75) is 32.2 Å². The Kier molecular flexibility index (Phi) is 3.09. The van der Waals surface area contributed by atoms with Gasteiger partial charge in [0.15, 0.2) is 0 Å². The van der Waals surface area contributed by atoms with Crippen molar-refractivity contribution < 1.29 is 0 Å². The van der Waals surface area contributed by atoms with Crippen LogP contribution in [0.25, 0.3) is 0 Å². The van der Waals surface area contributed by atoms with E-state index in [4.69, 9.17) is 0 Å². The van der Waals surface area contributed by atoms with Crippen molar-refractivity contribution >= 4 is 0 Å². The summed E-state index contributed by atoms with van der Waals surface area (Å²) in [4.78, 5) is 11.8. The first-order chi connectivity index (χ1) is 7.68. The summed E-state index contributed by atoms with van der Waals surface area (Å²) in [6.07, 6.45) is 11.3. The van der Waals surface area contributed by atoms with E-state index in [1.165, 1.54) is 0 Å². The van der Waals surface area contributed by atoms with Gasteiger partial charge in [0.05, 0.1) is 0 Å². The summed E-state index contributed by atoms with van der Waals surface area (Å²) in [5, 5.41) is 0. The molecule has 0 saturated carbocycles. The average molecular weight is 215 g/mol. The van der Waals surface area contributed by atoms with Crippen LogP contribution >= 0.6 is 0 Å².